The maximum absolute atomic E-state index is 12.1. The van der Waals surface area contributed by atoms with Crippen LogP contribution in [-0.2, 0) is 6.54 Å². The van der Waals surface area contributed by atoms with E-state index in [1.54, 1.807) is 11.4 Å². The Balaban J connectivity index is 2.08. The normalized spacial score (nSPS) is 9.95. The van der Waals surface area contributed by atoms with Gasteiger partial charge in [-0.1, -0.05) is 17.0 Å². The summed E-state index contributed by atoms with van der Waals surface area (Å²) >= 11 is 1.32. The molecule has 0 saturated heterocycles. The zero-order valence-electron chi connectivity index (χ0n) is 11.2. The summed E-state index contributed by atoms with van der Waals surface area (Å²) in [6.45, 7) is 3.78. The van der Waals surface area contributed by atoms with Gasteiger partial charge in [-0.15, -0.1) is 11.3 Å². The molecule has 0 atom stereocenters. The summed E-state index contributed by atoms with van der Waals surface area (Å²) < 4.78 is 5.05. The van der Waals surface area contributed by atoms with Gasteiger partial charge < -0.3 is 14.9 Å². The van der Waals surface area contributed by atoms with Crippen LogP contribution >= 0.6 is 11.3 Å². The number of rotatable bonds is 3. The van der Waals surface area contributed by atoms with E-state index >= 15 is 0 Å². The molecule has 5 nitrogen and oxygen atoms in total. The Morgan fingerprint density at radius 3 is 3.00 bits per heavy atom. The highest BCUT2D eigenvalue weighted by Gasteiger charge is 2.14. The Morgan fingerprint density at radius 2 is 2.35 bits per heavy atom. The number of hydrogen-bond donors (Lipinski definition) is 2. The average Bonchev–Trinajstić information content (AvgIpc) is 3.02. The van der Waals surface area contributed by atoms with E-state index < -0.39 is 0 Å². The Labute approximate surface area is 120 Å². The van der Waals surface area contributed by atoms with Gasteiger partial charge >= 0.3 is 0 Å². The van der Waals surface area contributed by atoms with E-state index in [-0.39, 0.29) is 12.5 Å². The number of carbonyl (C=O) groups is 1. The molecule has 0 aliphatic carbocycles. The summed E-state index contributed by atoms with van der Waals surface area (Å²) in [5.41, 5.74) is 2.28. The third-order valence-electron chi connectivity index (χ3n) is 2.78. The lowest BCUT2D eigenvalue weighted by Crippen LogP contribution is -2.23. The van der Waals surface area contributed by atoms with Gasteiger partial charge in [0.05, 0.1) is 5.69 Å². The number of aliphatic hydroxyl groups excluding tert-OH is 1. The number of amides is 1. The molecule has 0 bridgehead atoms. The fourth-order valence-corrected chi connectivity index (χ4v) is 2.49. The van der Waals surface area contributed by atoms with Crippen molar-refractivity contribution < 1.29 is 14.4 Å². The van der Waals surface area contributed by atoms with Gasteiger partial charge in [0, 0.05) is 17.7 Å². The molecule has 0 saturated carbocycles. The lowest BCUT2D eigenvalue weighted by molar-refractivity contribution is 0.0954. The maximum atomic E-state index is 12.1. The van der Waals surface area contributed by atoms with Gasteiger partial charge in [0.25, 0.3) is 5.91 Å². The minimum atomic E-state index is -0.226. The van der Waals surface area contributed by atoms with E-state index in [9.17, 15) is 4.79 Å². The summed E-state index contributed by atoms with van der Waals surface area (Å²) in [7, 11) is 0. The Hall–Kier alpha value is -2.10. The number of hydrogen-bond acceptors (Lipinski definition) is 5. The van der Waals surface area contributed by atoms with Crippen LogP contribution in [0, 0.1) is 25.7 Å². The van der Waals surface area contributed by atoms with E-state index in [0.29, 0.717) is 22.7 Å². The Morgan fingerprint density at radius 1 is 1.55 bits per heavy atom. The predicted molar refractivity (Wildman–Crippen MR) is 75.4 cm³/mol. The van der Waals surface area contributed by atoms with Crippen molar-refractivity contribution in [1.29, 1.82) is 0 Å². The van der Waals surface area contributed by atoms with Gasteiger partial charge in [-0.25, -0.2) is 0 Å². The lowest BCUT2D eigenvalue weighted by atomic mass is 10.2. The standard InChI is InChI=1S/C14H14N2O3S/c1-9-12(10(2)19-16-9)8-15-14(18)13-11(4-3-6-17)5-7-20-13/h5,7,17H,6,8H2,1-2H3,(H,15,18). The third-order valence-corrected chi connectivity index (χ3v) is 3.69. The molecule has 2 aromatic heterocycles. The summed E-state index contributed by atoms with van der Waals surface area (Å²) in [6, 6.07) is 1.76. The van der Waals surface area contributed by atoms with Crippen LogP contribution in [0.3, 0.4) is 0 Å². The number of aliphatic hydroxyl groups is 1. The molecule has 2 aromatic rings. The van der Waals surface area contributed by atoms with Crippen molar-refractivity contribution in [3.8, 4) is 11.8 Å². The molecule has 20 heavy (non-hydrogen) atoms. The number of thiophene rings is 1. The summed E-state index contributed by atoms with van der Waals surface area (Å²) in [6.07, 6.45) is 0. The number of aromatic nitrogens is 1. The third kappa shape index (κ3) is 3.07. The van der Waals surface area contributed by atoms with Crippen LogP contribution in [0.4, 0.5) is 0 Å². The zero-order valence-corrected chi connectivity index (χ0v) is 12.0. The van der Waals surface area contributed by atoms with Gasteiger partial charge in [-0.2, -0.15) is 0 Å². The molecule has 2 heterocycles. The van der Waals surface area contributed by atoms with Crippen molar-refractivity contribution in [2.75, 3.05) is 6.61 Å². The van der Waals surface area contributed by atoms with Crippen LogP contribution in [-0.4, -0.2) is 22.8 Å². The molecule has 0 spiro atoms. The van der Waals surface area contributed by atoms with E-state index in [4.69, 9.17) is 9.63 Å². The number of nitrogens with one attached hydrogen (secondary N) is 1. The summed E-state index contributed by atoms with van der Waals surface area (Å²) in [4.78, 5) is 12.7. The first-order valence-electron chi connectivity index (χ1n) is 6.00. The highest BCUT2D eigenvalue weighted by Crippen LogP contribution is 2.17. The molecule has 6 heteroatoms. The van der Waals surface area contributed by atoms with Crippen LogP contribution in [0.15, 0.2) is 16.0 Å². The first-order chi connectivity index (χ1) is 9.63. The zero-order chi connectivity index (χ0) is 14.5. The Bertz CT molecular complexity index is 657. The van der Waals surface area contributed by atoms with E-state index in [1.807, 2.05) is 13.8 Å². The van der Waals surface area contributed by atoms with Crippen molar-refractivity contribution in [3.05, 3.63) is 38.9 Å². The summed E-state index contributed by atoms with van der Waals surface area (Å²) in [5, 5.41) is 17.2. The van der Waals surface area contributed by atoms with E-state index in [1.165, 1.54) is 11.3 Å². The summed E-state index contributed by atoms with van der Waals surface area (Å²) in [5.74, 6) is 5.81. The van der Waals surface area contributed by atoms with Crippen molar-refractivity contribution in [2.24, 2.45) is 0 Å². The quantitative estimate of drug-likeness (QED) is 0.842. The van der Waals surface area contributed by atoms with Gasteiger partial charge in [0.15, 0.2) is 0 Å². The van der Waals surface area contributed by atoms with Gasteiger partial charge in [0.1, 0.15) is 17.2 Å². The monoisotopic (exact) mass is 290 g/mol. The second-order valence-electron chi connectivity index (χ2n) is 4.11. The molecular weight excluding hydrogens is 276 g/mol. The molecule has 0 aliphatic heterocycles. The molecule has 0 aromatic carbocycles. The molecule has 2 rings (SSSR count). The van der Waals surface area contributed by atoms with Crippen LogP contribution in [0.2, 0.25) is 0 Å². The van der Waals surface area contributed by atoms with Gasteiger partial charge in [-0.05, 0) is 25.3 Å². The first-order valence-corrected chi connectivity index (χ1v) is 6.88. The molecule has 0 radical (unpaired) electrons. The molecule has 0 fully saturated rings. The van der Waals surface area contributed by atoms with Gasteiger partial charge in [-0.3, -0.25) is 4.79 Å². The van der Waals surface area contributed by atoms with E-state index in [0.717, 1.165) is 11.3 Å². The highest BCUT2D eigenvalue weighted by molar-refractivity contribution is 7.12. The fourth-order valence-electron chi connectivity index (χ4n) is 1.72. The molecule has 2 N–H and O–H groups in total. The van der Waals surface area contributed by atoms with Crippen LogP contribution in [0.5, 0.6) is 0 Å². The second kappa shape index (κ2) is 6.37. The second-order valence-corrected chi connectivity index (χ2v) is 5.02. The predicted octanol–water partition coefficient (Wildman–Crippen LogP) is 1.63. The molecule has 0 aliphatic rings. The molecule has 0 unspecified atom stereocenters. The number of nitrogens with zero attached hydrogens (tertiary/aromatic N) is 1. The Kier molecular flexibility index (Phi) is 4.56. The van der Waals surface area contributed by atoms with Crippen molar-refractivity contribution in [2.45, 2.75) is 20.4 Å². The van der Waals surface area contributed by atoms with Crippen LogP contribution < -0.4 is 5.32 Å². The van der Waals surface area contributed by atoms with E-state index in [2.05, 4.69) is 22.3 Å². The van der Waals surface area contributed by atoms with Crippen molar-refractivity contribution in [3.63, 3.8) is 0 Å². The highest BCUT2D eigenvalue weighted by atomic mass is 32.1. The number of carbonyl (C=O) groups excluding carboxylic acids is 1. The van der Waals surface area contributed by atoms with Crippen LogP contribution in [0.25, 0.3) is 0 Å². The molecule has 1 amide bonds. The smallest absolute Gasteiger partial charge is 0.262 e. The minimum Gasteiger partial charge on any atom is -0.384 e. The topological polar surface area (TPSA) is 75.4 Å². The molecular formula is C14H14N2O3S. The minimum absolute atomic E-state index is 0.192. The lowest BCUT2D eigenvalue weighted by Gasteiger charge is -2.03. The van der Waals surface area contributed by atoms with Crippen molar-refractivity contribution >= 4 is 17.2 Å². The average molecular weight is 290 g/mol. The van der Waals surface area contributed by atoms with Gasteiger partial charge in [0.2, 0.25) is 0 Å². The fraction of sp³-hybridized carbons (Fsp3) is 0.286. The number of aryl methyl sites for hydroxylation is 2. The largest absolute Gasteiger partial charge is 0.384 e. The SMILES string of the molecule is Cc1noc(C)c1CNC(=O)c1sccc1C#CCO. The van der Waals surface area contributed by atoms with Crippen LogP contribution in [0.1, 0.15) is 32.3 Å². The first kappa shape index (κ1) is 14.3. The molecule has 104 valence electrons. The van der Waals surface area contributed by atoms with Crippen molar-refractivity contribution in [1.82, 2.24) is 10.5 Å². The maximum Gasteiger partial charge on any atom is 0.262 e.